The number of aromatic nitrogens is 4. The van der Waals surface area contributed by atoms with E-state index in [1.54, 1.807) is 0 Å². The molecule has 2 N–H and O–H groups in total. The minimum absolute atomic E-state index is 0.0483. The first kappa shape index (κ1) is 15.9. The Morgan fingerprint density at radius 3 is 2.83 bits per heavy atom. The SMILES string of the molecule is CCCCC(=O)Nc1ncnc2nc(/C=C/c3ccccc3)[nH]c12. The molecule has 24 heavy (non-hydrogen) atoms. The van der Waals surface area contributed by atoms with Gasteiger partial charge in [0.1, 0.15) is 17.7 Å². The number of anilines is 1. The van der Waals surface area contributed by atoms with E-state index in [1.165, 1.54) is 6.33 Å². The van der Waals surface area contributed by atoms with Crippen LogP contribution in [0.1, 0.15) is 37.6 Å². The molecule has 0 bridgehead atoms. The first-order chi connectivity index (χ1) is 11.8. The number of amides is 1. The number of rotatable bonds is 6. The Morgan fingerprint density at radius 2 is 2.04 bits per heavy atom. The minimum atomic E-state index is -0.0483. The van der Waals surface area contributed by atoms with E-state index in [0.29, 0.717) is 29.2 Å². The molecule has 1 amide bonds. The van der Waals surface area contributed by atoms with E-state index in [9.17, 15) is 4.79 Å². The van der Waals surface area contributed by atoms with Crippen molar-refractivity contribution >= 4 is 35.0 Å². The quantitative estimate of drug-likeness (QED) is 0.726. The molecule has 0 saturated carbocycles. The summed E-state index contributed by atoms with van der Waals surface area (Å²) in [5, 5.41) is 2.82. The molecule has 0 unspecified atom stereocenters. The van der Waals surface area contributed by atoms with Gasteiger partial charge in [0.15, 0.2) is 11.5 Å². The number of H-pyrrole nitrogens is 1. The van der Waals surface area contributed by atoms with Gasteiger partial charge in [-0.15, -0.1) is 0 Å². The van der Waals surface area contributed by atoms with Crippen molar-refractivity contribution in [2.24, 2.45) is 0 Å². The number of imidazole rings is 1. The molecule has 0 saturated heterocycles. The first-order valence-electron chi connectivity index (χ1n) is 8.00. The number of carbonyl (C=O) groups is 1. The summed E-state index contributed by atoms with van der Waals surface area (Å²) in [6, 6.07) is 9.96. The van der Waals surface area contributed by atoms with Crippen molar-refractivity contribution in [2.45, 2.75) is 26.2 Å². The lowest BCUT2D eigenvalue weighted by molar-refractivity contribution is -0.116. The van der Waals surface area contributed by atoms with E-state index in [1.807, 2.05) is 42.5 Å². The predicted octanol–water partition coefficient (Wildman–Crippen LogP) is 3.65. The van der Waals surface area contributed by atoms with Gasteiger partial charge in [-0.05, 0) is 18.1 Å². The van der Waals surface area contributed by atoms with Crippen LogP contribution in [-0.4, -0.2) is 25.8 Å². The summed E-state index contributed by atoms with van der Waals surface area (Å²) in [6.45, 7) is 2.05. The summed E-state index contributed by atoms with van der Waals surface area (Å²) >= 11 is 0. The summed E-state index contributed by atoms with van der Waals surface area (Å²) in [7, 11) is 0. The van der Waals surface area contributed by atoms with Gasteiger partial charge in [-0.3, -0.25) is 4.79 Å². The molecule has 6 heteroatoms. The largest absolute Gasteiger partial charge is 0.334 e. The number of unbranched alkanes of at least 4 members (excludes halogenated alkanes) is 1. The van der Waals surface area contributed by atoms with Gasteiger partial charge >= 0.3 is 0 Å². The maximum atomic E-state index is 11.9. The Labute approximate surface area is 140 Å². The Bertz CT molecular complexity index is 854. The third-order valence-electron chi connectivity index (χ3n) is 3.56. The van der Waals surface area contributed by atoms with E-state index < -0.39 is 0 Å². The second-order valence-corrected chi connectivity index (χ2v) is 5.44. The van der Waals surface area contributed by atoms with Crippen LogP contribution < -0.4 is 5.32 Å². The number of hydrogen-bond donors (Lipinski definition) is 2. The zero-order chi connectivity index (χ0) is 16.8. The summed E-state index contributed by atoms with van der Waals surface area (Å²) in [4.78, 5) is 27.8. The number of nitrogens with one attached hydrogen (secondary N) is 2. The molecular formula is C18H19N5O. The third kappa shape index (κ3) is 3.84. The number of nitrogens with zero attached hydrogens (tertiary/aromatic N) is 3. The molecule has 0 spiro atoms. The Balaban J connectivity index is 1.82. The van der Waals surface area contributed by atoms with Gasteiger partial charge in [0.25, 0.3) is 0 Å². The summed E-state index contributed by atoms with van der Waals surface area (Å²) in [6.07, 6.45) is 7.56. The van der Waals surface area contributed by atoms with Crippen molar-refractivity contribution in [3.63, 3.8) is 0 Å². The van der Waals surface area contributed by atoms with Crippen LogP contribution in [0.15, 0.2) is 36.7 Å². The molecule has 3 aromatic rings. The van der Waals surface area contributed by atoms with Crippen molar-refractivity contribution in [2.75, 3.05) is 5.32 Å². The Kier molecular flexibility index (Phi) is 4.96. The van der Waals surface area contributed by atoms with Crippen LogP contribution >= 0.6 is 0 Å². The van der Waals surface area contributed by atoms with Gasteiger partial charge in [-0.25, -0.2) is 15.0 Å². The van der Waals surface area contributed by atoms with E-state index in [0.717, 1.165) is 18.4 Å². The molecule has 122 valence electrons. The lowest BCUT2D eigenvalue weighted by atomic mass is 10.2. The van der Waals surface area contributed by atoms with Crippen LogP contribution in [0, 0.1) is 0 Å². The second-order valence-electron chi connectivity index (χ2n) is 5.44. The van der Waals surface area contributed by atoms with Crippen LogP contribution in [0.4, 0.5) is 5.82 Å². The average molecular weight is 321 g/mol. The first-order valence-corrected chi connectivity index (χ1v) is 8.00. The highest BCUT2D eigenvalue weighted by Gasteiger charge is 2.11. The highest BCUT2D eigenvalue weighted by atomic mass is 16.1. The van der Waals surface area contributed by atoms with Crippen molar-refractivity contribution < 1.29 is 4.79 Å². The normalized spacial score (nSPS) is 11.2. The van der Waals surface area contributed by atoms with E-state index in [-0.39, 0.29) is 5.91 Å². The highest BCUT2D eigenvalue weighted by molar-refractivity contribution is 5.97. The van der Waals surface area contributed by atoms with Crippen molar-refractivity contribution in [3.8, 4) is 0 Å². The molecule has 0 radical (unpaired) electrons. The number of fused-ring (bicyclic) bond motifs is 1. The molecule has 0 fully saturated rings. The molecule has 1 aromatic carbocycles. The standard InChI is InChI=1S/C18H19N5O/c1-2-3-9-15(24)23-18-16-17(19-12-20-18)22-14(21-16)11-10-13-7-5-4-6-8-13/h4-8,10-12H,2-3,9H2,1H3,(H2,19,20,21,22,23,24)/b11-10+. The topological polar surface area (TPSA) is 83.6 Å². The molecular weight excluding hydrogens is 302 g/mol. The average Bonchev–Trinajstić information content (AvgIpc) is 3.03. The second kappa shape index (κ2) is 7.50. The van der Waals surface area contributed by atoms with Gasteiger partial charge < -0.3 is 10.3 Å². The molecule has 0 aliphatic heterocycles. The zero-order valence-corrected chi connectivity index (χ0v) is 13.5. The molecule has 0 atom stereocenters. The van der Waals surface area contributed by atoms with E-state index in [4.69, 9.17) is 0 Å². The maximum Gasteiger partial charge on any atom is 0.225 e. The number of carbonyl (C=O) groups excluding carboxylic acids is 1. The van der Waals surface area contributed by atoms with Gasteiger partial charge in [0.2, 0.25) is 5.91 Å². The summed E-state index contributed by atoms with van der Waals surface area (Å²) in [5.74, 6) is 1.08. The molecule has 2 aromatic heterocycles. The van der Waals surface area contributed by atoms with Gasteiger partial charge in [0, 0.05) is 6.42 Å². The van der Waals surface area contributed by atoms with Crippen LogP contribution in [0.2, 0.25) is 0 Å². The molecule has 2 heterocycles. The van der Waals surface area contributed by atoms with Gasteiger partial charge in [0.05, 0.1) is 0 Å². The minimum Gasteiger partial charge on any atom is -0.334 e. The third-order valence-corrected chi connectivity index (χ3v) is 3.56. The van der Waals surface area contributed by atoms with Gasteiger partial charge in [-0.2, -0.15) is 0 Å². The fourth-order valence-corrected chi connectivity index (χ4v) is 2.29. The highest BCUT2D eigenvalue weighted by Crippen LogP contribution is 2.18. The number of hydrogen-bond acceptors (Lipinski definition) is 4. The van der Waals surface area contributed by atoms with Gasteiger partial charge in [-0.1, -0.05) is 49.8 Å². The summed E-state index contributed by atoms with van der Waals surface area (Å²) in [5.41, 5.74) is 2.25. The number of benzene rings is 1. The zero-order valence-electron chi connectivity index (χ0n) is 13.5. The van der Waals surface area contributed by atoms with Crippen molar-refractivity contribution in [1.29, 1.82) is 0 Å². The Hall–Kier alpha value is -3.02. The Morgan fingerprint density at radius 1 is 1.21 bits per heavy atom. The van der Waals surface area contributed by atoms with Crippen LogP contribution in [0.25, 0.3) is 23.3 Å². The smallest absolute Gasteiger partial charge is 0.225 e. The molecule has 0 aliphatic carbocycles. The van der Waals surface area contributed by atoms with Crippen LogP contribution in [0.5, 0.6) is 0 Å². The fourth-order valence-electron chi connectivity index (χ4n) is 2.29. The molecule has 0 aliphatic rings. The summed E-state index contributed by atoms with van der Waals surface area (Å²) < 4.78 is 0. The van der Waals surface area contributed by atoms with Crippen molar-refractivity contribution in [3.05, 3.63) is 48.0 Å². The fraction of sp³-hybridized carbons (Fsp3) is 0.222. The number of aromatic amines is 1. The van der Waals surface area contributed by atoms with E-state index in [2.05, 4.69) is 32.2 Å². The van der Waals surface area contributed by atoms with Crippen LogP contribution in [0.3, 0.4) is 0 Å². The maximum absolute atomic E-state index is 11.9. The predicted molar refractivity (Wildman–Crippen MR) is 95.2 cm³/mol. The van der Waals surface area contributed by atoms with Crippen molar-refractivity contribution in [1.82, 2.24) is 19.9 Å². The lowest BCUT2D eigenvalue weighted by Gasteiger charge is -2.03. The molecule has 6 nitrogen and oxygen atoms in total. The van der Waals surface area contributed by atoms with E-state index >= 15 is 0 Å². The van der Waals surface area contributed by atoms with Crippen LogP contribution in [-0.2, 0) is 4.79 Å². The monoisotopic (exact) mass is 321 g/mol. The molecule has 3 rings (SSSR count). The lowest BCUT2D eigenvalue weighted by Crippen LogP contribution is -2.12.